The van der Waals surface area contributed by atoms with Gasteiger partial charge in [0.15, 0.2) is 0 Å². The number of hydrogen-bond donors (Lipinski definition) is 1. The number of rotatable bonds is 2. The van der Waals surface area contributed by atoms with Gasteiger partial charge in [0, 0.05) is 12.4 Å². The number of pyridine rings is 2. The van der Waals surface area contributed by atoms with E-state index < -0.39 is 0 Å². The molecule has 0 fully saturated rings. The molecule has 17 heavy (non-hydrogen) atoms. The van der Waals surface area contributed by atoms with Crippen LogP contribution in [0.3, 0.4) is 0 Å². The second kappa shape index (κ2) is 5.37. The Morgan fingerprint density at radius 3 is 2.65 bits per heavy atom. The van der Waals surface area contributed by atoms with Crippen LogP contribution in [0.4, 0.5) is 5.69 Å². The molecule has 6 heteroatoms. The molecule has 0 bridgehead atoms. The summed E-state index contributed by atoms with van der Waals surface area (Å²) in [6, 6.07) is 6.92. The molecule has 2 aromatic rings. The smallest absolute Gasteiger partial charge is 0.257 e. The predicted octanol–water partition coefficient (Wildman–Crippen LogP) is 3.25. The van der Waals surface area contributed by atoms with E-state index in [2.05, 4.69) is 47.1 Å². The largest absolute Gasteiger partial charge is 0.320 e. The molecule has 4 nitrogen and oxygen atoms in total. The van der Waals surface area contributed by atoms with E-state index in [0.29, 0.717) is 20.5 Å². The van der Waals surface area contributed by atoms with Gasteiger partial charge in [-0.1, -0.05) is 0 Å². The fourth-order valence-electron chi connectivity index (χ4n) is 1.18. The lowest BCUT2D eigenvalue weighted by molar-refractivity contribution is 0.102. The van der Waals surface area contributed by atoms with E-state index in [4.69, 9.17) is 0 Å². The van der Waals surface area contributed by atoms with Crippen LogP contribution in [0.15, 0.2) is 45.9 Å². The summed E-state index contributed by atoms with van der Waals surface area (Å²) >= 11 is 6.47. The SMILES string of the molecule is O=C(Nc1cccnc1Br)c1ccc(Br)nc1. The molecule has 0 saturated carbocycles. The fraction of sp³-hybridized carbons (Fsp3) is 0. The van der Waals surface area contributed by atoms with Crippen molar-refractivity contribution in [3.8, 4) is 0 Å². The van der Waals surface area contributed by atoms with Gasteiger partial charge in [0.05, 0.1) is 11.3 Å². The van der Waals surface area contributed by atoms with Crippen molar-refractivity contribution in [2.75, 3.05) is 5.32 Å². The Kier molecular flexibility index (Phi) is 3.86. The van der Waals surface area contributed by atoms with Crippen LogP contribution in [-0.4, -0.2) is 15.9 Å². The molecule has 0 aliphatic carbocycles. The van der Waals surface area contributed by atoms with E-state index in [1.807, 2.05) is 0 Å². The quantitative estimate of drug-likeness (QED) is 0.840. The van der Waals surface area contributed by atoms with Crippen LogP contribution in [0.1, 0.15) is 10.4 Å². The highest BCUT2D eigenvalue weighted by Crippen LogP contribution is 2.19. The van der Waals surface area contributed by atoms with Crippen LogP contribution in [0, 0.1) is 0 Å². The highest BCUT2D eigenvalue weighted by Gasteiger charge is 2.08. The molecular weight excluding hydrogens is 350 g/mol. The molecule has 0 aliphatic heterocycles. The Morgan fingerprint density at radius 1 is 1.18 bits per heavy atom. The van der Waals surface area contributed by atoms with Crippen LogP contribution >= 0.6 is 31.9 Å². The van der Waals surface area contributed by atoms with Crippen molar-refractivity contribution in [3.63, 3.8) is 0 Å². The van der Waals surface area contributed by atoms with Crippen LogP contribution in [-0.2, 0) is 0 Å². The Labute approximate surface area is 115 Å². The summed E-state index contributed by atoms with van der Waals surface area (Å²) in [5.41, 5.74) is 1.12. The average molecular weight is 357 g/mol. The second-order valence-electron chi connectivity index (χ2n) is 3.17. The Balaban J connectivity index is 2.17. The van der Waals surface area contributed by atoms with Crippen molar-refractivity contribution in [2.45, 2.75) is 0 Å². The first-order valence-corrected chi connectivity index (χ1v) is 6.29. The maximum atomic E-state index is 11.9. The van der Waals surface area contributed by atoms with E-state index in [9.17, 15) is 4.79 Å². The lowest BCUT2D eigenvalue weighted by Gasteiger charge is -2.05. The third-order valence-corrected chi connectivity index (χ3v) is 3.10. The van der Waals surface area contributed by atoms with Gasteiger partial charge in [-0.25, -0.2) is 9.97 Å². The van der Waals surface area contributed by atoms with E-state index >= 15 is 0 Å². The number of nitrogens with zero attached hydrogens (tertiary/aromatic N) is 2. The van der Waals surface area contributed by atoms with Crippen LogP contribution < -0.4 is 5.32 Å². The summed E-state index contributed by atoms with van der Waals surface area (Å²) in [5, 5.41) is 2.74. The van der Waals surface area contributed by atoms with E-state index in [0.717, 1.165) is 0 Å². The minimum Gasteiger partial charge on any atom is -0.320 e. The number of carbonyl (C=O) groups excluding carboxylic acids is 1. The molecule has 86 valence electrons. The van der Waals surface area contributed by atoms with Crippen molar-refractivity contribution in [1.82, 2.24) is 9.97 Å². The maximum absolute atomic E-state index is 11.9. The number of halogens is 2. The molecule has 0 aromatic carbocycles. The van der Waals surface area contributed by atoms with Crippen molar-refractivity contribution >= 4 is 43.5 Å². The summed E-state index contributed by atoms with van der Waals surface area (Å²) < 4.78 is 1.29. The molecule has 2 heterocycles. The number of aromatic nitrogens is 2. The third-order valence-electron chi connectivity index (χ3n) is 2.00. The lowest BCUT2D eigenvalue weighted by atomic mass is 10.2. The minimum absolute atomic E-state index is 0.223. The molecule has 2 aromatic heterocycles. The first kappa shape index (κ1) is 12.2. The zero-order valence-electron chi connectivity index (χ0n) is 8.52. The molecule has 0 saturated heterocycles. The first-order valence-electron chi connectivity index (χ1n) is 4.70. The summed E-state index contributed by atoms with van der Waals surface area (Å²) in [7, 11) is 0. The highest BCUT2D eigenvalue weighted by molar-refractivity contribution is 9.10. The maximum Gasteiger partial charge on any atom is 0.257 e. The van der Waals surface area contributed by atoms with Crippen LogP contribution in [0.2, 0.25) is 0 Å². The van der Waals surface area contributed by atoms with Gasteiger partial charge >= 0.3 is 0 Å². The summed E-state index contributed by atoms with van der Waals surface area (Å²) in [4.78, 5) is 19.9. The first-order chi connectivity index (χ1) is 8.16. The van der Waals surface area contributed by atoms with Crippen molar-refractivity contribution in [2.24, 2.45) is 0 Å². The van der Waals surface area contributed by atoms with E-state index in [-0.39, 0.29) is 5.91 Å². The monoisotopic (exact) mass is 355 g/mol. The Morgan fingerprint density at radius 2 is 2.00 bits per heavy atom. The van der Waals surface area contributed by atoms with Crippen molar-refractivity contribution < 1.29 is 4.79 Å². The van der Waals surface area contributed by atoms with E-state index in [1.54, 1.807) is 30.5 Å². The number of carbonyl (C=O) groups is 1. The summed E-state index contributed by atoms with van der Waals surface area (Å²) in [6.45, 7) is 0. The van der Waals surface area contributed by atoms with Gasteiger partial charge < -0.3 is 5.32 Å². The standard InChI is InChI=1S/C11H7Br2N3O/c12-9-4-3-7(6-15-9)11(17)16-8-2-1-5-14-10(8)13/h1-6H,(H,16,17). The van der Waals surface area contributed by atoms with Gasteiger partial charge in [-0.15, -0.1) is 0 Å². The van der Waals surface area contributed by atoms with Crippen LogP contribution in [0.25, 0.3) is 0 Å². The molecule has 0 unspecified atom stereocenters. The number of hydrogen-bond acceptors (Lipinski definition) is 3. The average Bonchev–Trinajstić information content (AvgIpc) is 2.33. The Hall–Kier alpha value is -1.27. The van der Waals surface area contributed by atoms with Crippen molar-refractivity contribution in [3.05, 3.63) is 51.4 Å². The minimum atomic E-state index is -0.223. The summed E-state index contributed by atoms with van der Waals surface area (Å²) in [5.74, 6) is -0.223. The molecule has 0 radical (unpaired) electrons. The lowest BCUT2D eigenvalue weighted by Crippen LogP contribution is -2.12. The number of anilines is 1. The predicted molar refractivity (Wildman–Crippen MR) is 71.8 cm³/mol. The molecule has 0 spiro atoms. The zero-order chi connectivity index (χ0) is 12.3. The van der Waals surface area contributed by atoms with Gasteiger partial charge in [0.2, 0.25) is 0 Å². The van der Waals surface area contributed by atoms with Gasteiger partial charge in [-0.05, 0) is 56.1 Å². The Bertz CT molecular complexity index is 543. The second-order valence-corrected chi connectivity index (χ2v) is 4.73. The van der Waals surface area contributed by atoms with Gasteiger partial charge in [0.25, 0.3) is 5.91 Å². The highest BCUT2D eigenvalue weighted by atomic mass is 79.9. The normalized spacial score (nSPS) is 10.0. The molecule has 2 rings (SSSR count). The van der Waals surface area contributed by atoms with Gasteiger partial charge in [0.1, 0.15) is 9.21 Å². The van der Waals surface area contributed by atoms with Gasteiger partial charge in [-0.3, -0.25) is 4.79 Å². The number of nitrogens with one attached hydrogen (secondary N) is 1. The topological polar surface area (TPSA) is 54.9 Å². The molecule has 0 aliphatic rings. The molecular formula is C11H7Br2N3O. The molecule has 0 atom stereocenters. The fourth-order valence-corrected chi connectivity index (χ4v) is 1.77. The zero-order valence-corrected chi connectivity index (χ0v) is 11.7. The van der Waals surface area contributed by atoms with Gasteiger partial charge in [-0.2, -0.15) is 0 Å². The van der Waals surface area contributed by atoms with Crippen LogP contribution in [0.5, 0.6) is 0 Å². The summed E-state index contributed by atoms with van der Waals surface area (Å²) in [6.07, 6.45) is 3.14. The molecule has 1 N–H and O–H groups in total. The third kappa shape index (κ3) is 3.10. The van der Waals surface area contributed by atoms with E-state index in [1.165, 1.54) is 6.20 Å². The number of amides is 1. The molecule has 1 amide bonds. The van der Waals surface area contributed by atoms with Crippen molar-refractivity contribution in [1.29, 1.82) is 0 Å².